The van der Waals surface area contributed by atoms with E-state index < -0.39 is 17.8 Å². The quantitative estimate of drug-likeness (QED) is 0.411. The van der Waals surface area contributed by atoms with Crippen molar-refractivity contribution in [3.05, 3.63) is 131 Å². The molecule has 0 aliphatic heterocycles. The van der Waals surface area contributed by atoms with Gasteiger partial charge in [-0.2, -0.15) is 0 Å². The van der Waals surface area contributed by atoms with Gasteiger partial charge in [0.25, 0.3) is 11.8 Å². The summed E-state index contributed by atoms with van der Waals surface area (Å²) >= 11 is 0. The first-order chi connectivity index (χ1) is 16.5. The van der Waals surface area contributed by atoms with Crippen molar-refractivity contribution in [1.29, 1.82) is 0 Å². The van der Waals surface area contributed by atoms with Crippen LogP contribution in [0.1, 0.15) is 43.6 Å². The Bertz CT molecular complexity index is 1270. The normalized spacial score (nSPS) is 11.5. The van der Waals surface area contributed by atoms with Crippen LogP contribution in [-0.2, 0) is 0 Å². The Kier molecular flexibility index (Phi) is 6.78. The fourth-order valence-electron chi connectivity index (χ4n) is 3.81. The number of anilines is 1. The summed E-state index contributed by atoms with van der Waals surface area (Å²) in [6.45, 7) is 1.82. The maximum atomic E-state index is 14.0. The second-order valence-electron chi connectivity index (χ2n) is 7.95. The zero-order valence-corrected chi connectivity index (χ0v) is 18.9. The third-order valence-electron chi connectivity index (χ3n) is 5.64. The molecule has 1 heterocycles. The molecular weight excluding hydrogens is 429 g/mol. The molecule has 4 rings (SSSR count). The second-order valence-corrected chi connectivity index (χ2v) is 7.95. The number of rotatable bonds is 6. The Morgan fingerprint density at radius 1 is 0.912 bits per heavy atom. The van der Waals surface area contributed by atoms with E-state index in [2.05, 4.69) is 10.3 Å². The van der Waals surface area contributed by atoms with Gasteiger partial charge < -0.3 is 10.2 Å². The molecule has 0 saturated heterocycles. The highest BCUT2D eigenvalue weighted by atomic mass is 19.1. The van der Waals surface area contributed by atoms with Gasteiger partial charge in [-0.1, -0.05) is 54.6 Å². The SMILES string of the molecule is Cc1ccc(C(=O)N(C)C(c2ccccc2)c2ccccn2)cc1NC(=O)c1ccccc1F. The van der Waals surface area contributed by atoms with E-state index in [9.17, 15) is 14.0 Å². The number of aryl methyl sites for hydroxylation is 1. The molecule has 170 valence electrons. The molecule has 6 heteroatoms. The molecule has 0 aliphatic rings. The number of carbonyl (C=O) groups excluding carboxylic acids is 2. The Morgan fingerprint density at radius 2 is 1.62 bits per heavy atom. The van der Waals surface area contributed by atoms with Crippen LogP contribution >= 0.6 is 0 Å². The number of aromatic nitrogens is 1. The number of halogens is 1. The number of hydrogen-bond donors (Lipinski definition) is 1. The number of carbonyl (C=O) groups is 2. The molecule has 0 radical (unpaired) electrons. The third kappa shape index (κ3) is 4.86. The van der Waals surface area contributed by atoms with E-state index in [1.54, 1.807) is 42.4 Å². The van der Waals surface area contributed by atoms with Crippen molar-refractivity contribution in [2.75, 3.05) is 12.4 Å². The molecule has 1 N–H and O–H groups in total. The average Bonchev–Trinajstić information content (AvgIpc) is 2.86. The zero-order valence-electron chi connectivity index (χ0n) is 18.9. The molecule has 1 aromatic heterocycles. The lowest BCUT2D eigenvalue weighted by molar-refractivity contribution is 0.0752. The second kappa shape index (κ2) is 10.1. The molecule has 34 heavy (non-hydrogen) atoms. The summed E-state index contributed by atoms with van der Waals surface area (Å²) in [6.07, 6.45) is 1.70. The molecule has 0 spiro atoms. The zero-order chi connectivity index (χ0) is 24.1. The number of benzene rings is 3. The van der Waals surface area contributed by atoms with Gasteiger partial charge in [-0.05, 0) is 54.4 Å². The lowest BCUT2D eigenvalue weighted by Crippen LogP contribution is -2.32. The van der Waals surface area contributed by atoms with Gasteiger partial charge in [0.2, 0.25) is 0 Å². The fraction of sp³-hybridized carbons (Fsp3) is 0.107. The Hall–Kier alpha value is -4.32. The minimum atomic E-state index is -0.606. The van der Waals surface area contributed by atoms with Crippen LogP contribution in [0, 0.1) is 12.7 Å². The summed E-state index contributed by atoms with van der Waals surface area (Å²) in [5.41, 5.74) is 3.21. The molecule has 0 saturated carbocycles. The van der Waals surface area contributed by atoms with Crippen LogP contribution in [0.15, 0.2) is 97.2 Å². The third-order valence-corrected chi connectivity index (χ3v) is 5.64. The van der Waals surface area contributed by atoms with Gasteiger partial charge in [-0.3, -0.25) is 14.6 Å². The van der Waals surface area contributed by atoms with Crippen molar-refractivity contribution < 1.29 is 14.0 Å². The summed E-state index contributed by atoms with van der Waals surface area (Å²) in [4.78, 5) is 32.3. The van der Waals surface area contributed by atoms with Crippen LogP contribution in [0.5, 0.6) is 0 Å². The number of nitrogens with zero attached hydrogens (tertiary/aromatic N) is 2. The van der Waals surface area contributed by atoms with Crippen molar-refractivity contribution in [2.45, 2.75) is 13.0 Å². The molecule has 0 fully saturated rings. The van der Waals surface area contributed by atoms with Gasteiger partial charge in [-0.25, -0.2) is 4.39 Å². The lowest BCUT2D eigenvalue weighted by Gasteiger charge is -2.28. The predicted octanol–water partition coefficient (Wildman–Crippen LogP) is 5.64. The van der Waals surface area contributed by atoms with Crippen LogP contribution < -0.4 is 5.32 Å². The monoisotopic (exact) mass is 453 g/mol. The van der Waals surface area contributed by atoms with Crippen LogP contribution in [0.2, 0.25) is 0 Å². The predicted molar refractivity (Wildman–Crippen MR) is 130 cm³/mol. The van der Waals surface area contributed by atoms with Crippen LogP contribution in [0.4, 0.5) is 10.1 Å². The van der Waals surface area contributed by atoms with Gasteiger partial charge in [-0.15, -0.1) is 0 Å². The average molecular weight is 454 g/mol. The van der Waals surface area contributed by atoms with Gasteiger partial charge >= 0.3 is 0 Å². The van der Waals surface area contributed by atoms with Crippen LogP contribution in [-0.4, -0.2) is 28.7 Å². The van der Waals surface area contributed by atoms with Gasteiger partial charge in [0.05, 0.1) is 17.3 Å². The van der Waals surface area contributed by atoms with Gasteiger partial charge in [0.1, 0.15) is 5.82 Å². The Balaban J connectivity index is 1.64. The van der Waals surface area contributed by atoms with E-state index in [0.717, 1.165) is 16.8 Å². The van der Waals surface area contributed by atoms with Gasteiger partial charge in [0.15, 0.2) is 0 Å². The Morgan fingerprint density at radius 3 is 2.32 bits per heavy atom. The molecular formula is C28H24FN3O2. The Labute approximate surface area is 197 Å². The van der Waals surface area contributed by atoms with E-state index in [4.69, 9.17) is 0 Å². The minimum Gasteiger partial charge on any atom is -0.329 e. The molecule has 5 nitrogen and oxygen atoms in total. The number of amides is 2. The molecule has 1 atom stereocenters. The maximum Gasteiger partial charge on any atom is 0.258 e. The summed E-state index contributed by atoms with van der Waals surface area (Å²) in [5, 5.41) is 2.73. The summed E-state index contributed by atoms with van der Waals surface area (Å²) in [6, 6.07) is 25.8. The van der Waals surface area contributed by atoms with Crippen molar-refractivity contribution >= 4 is 17.5 Å². The summed E-state index contributed by atoms with van der Waals surface area (Å²) in [7, 11) is 1.73. The van der Waals surface area contributed by atoms with Crippen molar-refractivity contribution in [1.82, 2.24) is 9.88 Å². The van der Waals surface area contributed by atoms with E-state index in [1.165, 1.54) is 18.2 Å². The van der Waals surface area contributed by atoms with Crippen LogP contribution in [0.3, 0.4) is 0 Å². The van der Waals surface area contributed by atoms with E-state index >= 15 is 0 Å². The molecule has 1 unspecified atom stereocenters. The van der Waals surface area contributed by atoms with E-state index in [-0.39, 0.29) is 11.5 Å². The first kappa shape index (κ1) is 22.9. The fourth-order valence-corrected chi connectivity index (χ4v) is 3.81. The first-order valence-electron chi connectivity index (χ1n) is 10.9. The van der Waals surface area contributed by atoms with Crippen molar-refractivity contribution in [3.63, 3.8) is 0 Å². The number of nitrogens with one attached hydrogen (secondary N) is 1. The smallest absolute Gasteiger partial charge is 0.258 e. The molecule has 0 aliphatic carbocycles. The maximum absolute atomic E-state index is 14.0. The molecule has 0 bridgehead atoms. The van der Waals surface area contributed by atoms with Crippen molar-refractivity contribution in [3.8, 4) is 0 Å². The largest absolute Gasteiger partial charge is 0.329 e. The van der Waals surface area contributed by atoms with Crippen molar-refractivity contribution in [2.24, 2.45) is 0 Å². The highest BCUT2D eigenvalue weighted by Crippen LogP contribution is 2.28. The molecule has 3 aromatic carbocycles. The van der Waals surface area contributed by atoms with Gasteiger partial charge in [0, 0.05) is 24.5 Å². The summed E-state index contributed by atoms with van der Waals surface area (Å²) < 4.78 is 14.0. The summed E-state index contributed by atoms with van der Waals surface area (Å²) in [5.74, 6) is -1.42. The minimum absolute atomic E-state index is 0.0601. The number of hydrogen-bond acceptors (Lipinski definition) is 3. The molecule has 2 amide bonds. The van der Waals surface area contributed by atoms with E-state index in [0.29, 0.717) is 11.3 Å². The number of pyridine rings is 1. The van der Waals surface area contributed by atoms with E-state index in [1.807, 2.05) is 55.5 Å². The topological polar surface area (TPSA) is 62.3 Å². The van der Waals surface area contributed by atoms with Crippen LogP contribution in [0.25, 0.3) is 0 Å². The standard InChI is InChI=1S/C28H24FN3O2/c1-19-15-16-21(18-25(19)31-27(33)22-12-6-7-13-23(22)29)28(34)32(2)26(20-10-4-3-5-11-20)24-14-8-9-17-30-24/h3-18,26H,1-2H3,(H,31,33). The highest BCUT2D eigenvalue weighted by Gasteiger charge is 2.26. The molecule has 4 aromatic rings. The first-order valence-corrected chi connectivity index (χ1v) is 10.9. The highest BCUT2D eigenvalue weighted by molar-refractivity contribution is 6.05. The lowest BCUT2D eigenvalue weighted by atomic mass is 10.00.